The van der Waals surface area contributed by atoms with Gasteiger partial charge in [-0.2, -0.15) is 13.2 Å². The molecule has 3 saturated heterocycles. The molecule has 9 N–H and O–H groups in total. The first-order chi connectivity index (χ1) is 50.3. The number of nitrogens with one attached hydrogen (secondary N) is 7. The monoisotopic (exact) mass is 1500 g/mol. The number of carbonyl (C=O) groups is 9. The minimum absolute atomic E-state index is 0.0464. The van der Waals surface area contributed by atoms with Crippen molar-refractivity contribution in [3.05, 3.63) is 247 Å². The van der Waals surface area contributed by atoms with Crippen LogP contribution < -0.4 is 52.3 Å². The van der Waals surface area contributed by atoms with E-state index in [1.807, 2.05) is 13.0 Å². The van der Waals surface area contributed by atoms with Crippen molar-refractivity contribution in [2.45, 2.75) is 64.7 Å². The maximum atomic E-state index is 12.9. The number of anilines is 10. The molecule has 3 fully saturated rings. The summed E-state index contributed by atoms with van der Waals surface area (Å²) in [7, 11) is -2.61. The van der Waals surface area contributed by atoms with Gasteiger partial charge in [-0.1, -0.05) is 46.4 Å². The molecule has 3 aliphatic rings. The largest absolute Gasteiger partial charge is 0.399 e. The number of rotatable bonds is 16. The van der Waals surface area contributed by atoms with E-state index in [2.05, 4.69) is 46.9 Å². The number of carbonyl (C=O) groups excluding carboxylic acids is 9. The first-order valence-corrected chi connectivity index (χ1v) is 34.6. The number of nitro groups is 1. The lowest BCUT2D eigenvalue weighted by molar-refractivity contribution is -0.384. The van der Waals surface area contributed by atoms with E-state index in [1.54, 1.807) is 136 Å². The second kappa shape index (κ2) is 36.5. The molecule has 3 aromatic heterocycles. The van der Waals surface area contributed by atoms with Gasteiger partial charge in [0.15, 0.2) is 0 Å². The molecule has 9 amide bonds. The highest BCUT2D eigenvalue weighted by Crippen LogP contribution is 2.30. The number of aryl methyl sites for hydroxylation is 1. The Labute approximate surface area is 617 Å². The van der Waals surface area contributed by atoms with Gasteiger partial charge in [0.25, 0.3) is 41.1 Å². The van der Waals surface area contributed by atoms with E-state index in [0.717, 1.165) is 61.5 Å². The van der Waals surface area contributed by atoms with Crippen molar-refractivity contribution in [1.82, 2.24) is 15.0 Å². The highest BCUT2D eigenvalue weighted by Gasteiger charge is 2.26. The van der Waals surface area contributed by atoms with Crippen LogP contribution in [-0.2, 0) is 24.9 Å². The Bertz CT molecular complexity index is 4680. The third kappa shape index (κ3) is 21.9. The average molecular weight is 1500 g/mol. The normalized spacial score (nSPS) is 13.1. The number of non-ortho nitro benzene ring substituents is 1. The second-order valence-electron chi connectivity index (χ2n) is 23.5. The molecule has 0 spiro atoms. The van der Waals surface area contributed by atoms with Crippen LogP contribution in [0.4, 0.5) is 63.0 Å². The summed E-state index contributed by atoms with van der Waals surface area (Å²) < 4.78 is 22.8. The first kappa shape index (κ1) is 76.9. The minimum atomic E-state index is -2.61. The molecule has 0 aliphatic carbocycles. The van der Waals surface area contributed by atoms with Crippen molar-refractivity contribution >= 4 is 161 Å². The Morgan fingerprint density at radius 2 is 0.752 bits per heavy atom. The summed E-state index contributed by atoms with van der Waals surface area (Å²) in [5.74, 6) is -1.76. The first-order valence-electron chi connectivity index (χ1n) is 32.4. The third-order valence-electron chi connectivity index (χ3n) is 16.1. The molecule has 0 atom stereocenters. The Kier molecular flexibility index (Phi) is 26.7. The molecule has 12 rings (SSSR count). The molecule has 9 aromatic rings. The lowest BCUT2D eigenvalue weighted by atomic mass is 10.1. The summed E-state index contributed by atoms with van der Waals surface area (Å²) in [6.07, 6.45) is 11.3. The standard InChI is InChI=1S/C25H23ClN4O3.C24H20ClN5O5.C24H22ClN5O3.HNO2S/c1-16-5-11-21(20(14-16)25(33)29-22-12-8-18(26)15-27-22)28-24(32)17-6-9-19(10-7-17)30-13-3-2-4-23(30)31;25-16-6-11-21(26-14-16)28-24(33)19-13-18(30(34)35)9-10-20(19)27-23(32)15-4-7-17(8-5-15)29-12-2-1-3-22(29)31;25-16-6-11-21(27-14-16)29-24(33)19-13-17(26)7-10-20(19)28-23(32)15-4-8-18(9-5-15)30-12-2-1-3-22(30)31;1-4(2)3/h5-12,14-15H,2-4,13H2,1H3,(H,28,32)(H,27,29,33);4-11,13-14H,1-3,12H2,(H,27,32)(H,26,28,33);4-11,13-14H,1-3,12,26H2,(H,28,32)(H,27,29,33);1H. The number of amides is 9. The SMILES string of the molecule is Cc1ccc(NC(=O)c2ccc(N3CCCCC3=O)cc2)c(C(=O)Nc2ccc(Cl)cn2)c1.N=S(=O)=O.Nc1ccc(NC(=O)c2ccc(N3CCCCC3=O)cc2)c(C(=O)Nc2ccc(Cl)cn2)c1.O=C(Nc1ccc([N+](=O)[O-])cc1C(=O)Nc1ccc(Cl)cn1)c1ccc(N2CCCCC2=O)cc1. The van der Waals surface area contributed by atoms with Crippen molar-refractivity contribution in [3.8, 4) is 0 Å². The van der Waals surface area contributed by atoms with Gasteiger partial charge in [0.05, 0.1) is 53.7 Å². The van der Waals surface area contributed by atoms with Crippen molar-refractivity contribution in [1.29, 1.82) is 4.78 Å². The van der Waals surface area contributed by atoms with Gasteiger partial charge < -0.3 is 52.3 Å². The van der Waals surface area contributed by atoms with E-state index < -0.39 is 45.0 Å². The maximum Gasteiger partial charge on any atom is 0.308 e. The summed E-state index contributed by atoms with van der Waals surface area (Å²) >= 11 is 17.5. The van der Waals surface area contributed by atoms with E-state index in [-0.39, 0.29) is 51.9 Å². The van der Waals surface area contributed by atoms with Crippen LogP contribution in [0.3, 0.4) is 0 Å². The van der Waals surface area contributed by atoms with Gasteiger partial charge in [-0.3, -0.25) is 53.3 Å². The number of pyridine rings is 3. The summed E-state index contributed by atoms with van der Waals surface area (Å²) in [5, 5.41) is 28.6. The number of benzene rings is 6. The van der Waals surface area contributed by atoms with Gasteiger partial charge >= 0.3 is 10.5 Å². The number of piperidine rings is 3. The number of aromatic nitrogens is 3. The van der Waals surface area contributed by atoms with Crippen molar-refractivity contribution in [3.63, 3.8) is 0 Å². The number of hydrogen-bond donors (Lipinski definition) is 8. The van der Waals surface area contributed by atoms with Crippen LogP contribution in [0.25, 0.3) is 0 Å². The van der Waals surface area contributed by atoms with Gasteiger partial charge in [-0.05, 0) is 191 Å². The molecule has 105 heavy (non-hydrogen) atoms. The van der Waals surface area contributed by atoms with Crippen LogP contribution in [0.2, 0.25) is 15.1 Å². The number of nitrogens with zero attached hydrogens (tertiary/aromatic N) is 7. The Balaban J connectivity index is 0.000000178. The van der Waals surface area contributed by atoms with Gasteiger partial charge in [0.2, 0.25) is 17.7 Å². The molecule has 0 saturated carbocycles. The molecule has 0 radical (unpaired) electrons. The zero-order valence-electron chi connectivity index (χ0n) is 55.9. The number of nitro benzene ring substituents is 1. The molecule has 538 valence electrons. The summed E-state index contributed by atoms with van der Waals surface area (Å²) in [4.78, 5) is 141. The molecule has 6 aromatic carbocycles. The Morgan fingerprint density at radius 3 is 1.07 bits per heavy atom. The molecule has 0 bridgehead atoms. The van der Waals surface area contributed by atoms with E-state index in [0.29, 0.717) is 111 Å². The zero-order chi connectivity index (χ0) is 75.3. The van der Waals surface area contributed by atoms with E-state index >= 15 is 0 Å². The molecule has 6 heterocycles. The number of hydrogen-bond acceptors (Lipinski definition) is 18. The third-order valence-corrected chi connectivity index (χ3v) is 16.8. The maximum absolute atomic E-state index is 12.9. The van der Waals surface area contributed by atoms with E-state index in [1.165, 1.54) is 48.9 Å². The lowest BCUT2D eigenvalue weighted by Gasteiger charge is -2.26. The molecule has 32 heteroatoms. The van der Waals surface area contributed by atoms with Crippen molar-refractivity contribution in [2.75, 3.05) is 72.0 Å². The Morgan fingerprint density at radius 1 is 0.438 bits per heavy atom. The fourth-order valence-corrected chi connectivity index (χ4v) is 11.2. The highest BCUT2D eigenvalue weighted by molar-refractivity contribution is 7.60. The van der Waals surface area contributed by atoms with Gasteiger partial charge in [-0.25, -0.2) is 15.0 Å². The summed E-state index contributed by atoms with van der Waals surface area (Å²) in [6, 6.07) is 43.1. The fourth-order valence-electron chi connectivity index (χ4n) is 10.9. The lowest BCUT2D eigenvalue weighted by Crippen LogP contribution is -2.35. The molecule has 28 nitrogen and oxygen atoms in total. The summed E-state index contributed by atoms with van der Waals surface area (Å²) in [5.41, 5.74) is 11.3. The predicted molar refractivity (Wildman–Crippen MR) is 400 cm³/mol. The minimum Gasteiger partial charge on any atom is -0.399 e. The van der Waals surface area contributed by atoms with Crippen LogP contribution in [0, 0.1) is 21.8 Å². The molecule has 0 unspecified atom stereocenters. The number of halogens is 3. The molecule has 3 aliphatic heterocycles. The van der Waals surface area contributed by atoms with Crippen molar-refractivity contribution < 1.29 is 56.5 Å². The second-order valence-corrected chi connectivity index (χ2v) is 25.3. The Hall–Kier alpha value is -12.3. The van der Waals surface area contributed by atoms with Gasteiger partial charge in [0.1, 0.15) is 17.5 Å². The fraction of sp³-hybridized carbons (Fsp3) is 0.178. The van der Waals surface area contributed by atoms with Crippen LogP contribution >= 0.6 is 34.8 Å². The van der Waals surface area contributed by atoms with Crippen LogP contribution in [0.15, 0.2) is 182 Å². The quantitative estimate of drug-likeness (QED) is 0.0253. The topological polar surface area (TPSA) is 401 Å². The predicted octanol–water partition coefficient (Wildman–Crippen LogP) is 13.7. The van der Waals surface area contributed by atoms with Gasteiger partial charge in [0, 0.05) is 109 Å². The number of nitrogens with two attached hydrogens (primary N) is 1. The van der Waals surface area contributed by atoms with Crippen LogP contribution in [-0.4, -0.2) is 101 Å². The van der Waals surface area contributed by atoms with Gasteiger partial charge in [-0.15, -0.1) is 0 Å². The average Bonchev–Trinajstić information content (AvgIpc) is 0.974. The zero-order valence-corrected chi connectivity index (χ0v) is 58.9. The number of nitrogen functional groups attached to an aromatic ring is 1. The smallest absolute Gasteiger partial charge is 0.308 e. The van der Waals surface area contributed by atoms with Crippen LogP contribution in [0.1, 0.15) is 125 Å². The van der Waals surface area contributed by atoms with Crippen LogP contribution in [0.5, 0.6) is 0 Å². The molecular formula is C73H66Cl3N15O13S. The van der Waals surface area contributed by atoms with E-state index in [4.69, 9.17) is 53.7 Å². The summed E-state index contributed by atoms with van der Waals surface area (Å²) in [6.45, 7) is 3.86. The highest BCUT2D eigenvalue weighted by atomic mass is 35.5. The van der Waals surface area contributed by atoms with E-state index in [9.17, 15) is 53.3 Å². The molecular weight excluding hydrogens is 1430 g/mol. The van der Waals surface area contributed by atoms with Crippen molar-refractivity contribution in [2.24, 2.45) is 0 Å².